The van der Waals surface area contributed by atoms with Crippen LogP contribution < -0.4 is 5.32 Å². The first-order valence-electron chi connectivity index (χ1n) is 7.66. The van der Waals surface area contributed by atoms with Crippen LogP contribution in [0.25, 0.3) is 0 Å². The number of hydrogen-bond acceptors (Lipinski definition) is 2. The van der Waals surface area contributed by atoms with Crippen molar-refractivity contribution < 1.29 is 18.4 Å². The van der Waals surface area contributed by atoms with Crippen molar-refractivity contribution in [3.63, 3.8) is 0 Å². The van der Waals surface area contributed by atoms with E-state index in [2.05, 4.69) is 5.32 Å². The topological polar surface area (TPSA) is 49.4 Å². The van der Waals surface area contributed by atoms with Crippen LogP contribution in [0.5, 0.6) is 0 Å². The van der Waals surface area contributed by atoms with Gasteiger partial charge in [0.25, 0.3) is 5.91 Å². The quantitative estimate of drug-likeness (QED) is 0.851. The molecule has 1 N–H and O–H groups in total. The van der Waals surface area contributed by atoms with Gasteiger partial charge in [-0.25, -0.2) is 8.78 Å². The summed E-state index contributed by atoms with van der Waals surface area (Å²) in [5.74, 6) is -2.77. The molecule has 0 heterocycles. The fourth-order valence-corrected chi connectivity index (χ4v) is 2.32. The smallest absolute Gasteiger partial charge is 0.257 e. The average molecular weight is 367 g/mol. The summed E-state index contributed by atoms with van der Waals surface area (Å²) in [5, 5.41) is 3.28. The maximum absolute atomic E-state index is 13.7. The van der Waals surface area contributed by atoms with E-state index >= 15 is 0 Å². The molecule has 0 saturated heterocycles. The predicted octanol–water partition coefficient (Wildman–Crippen LogP) is 3.40. The van der Waals surface area contributed by atoms with Crippen LogP contribution in [0, 0.1) is 11.6 Å². The first-order chi connectivity index (χ1) is 11.9. The van der Waals surface area contributed by atoms with Crippen molar-refractivity contribution in [1.82, 2.24) is 10.2 Å². The maximum Gasteiger partial charge on any atom is 0.257 e. The van der Waals surface area contributed by atoms with Crippen molar-refractivity contribution in [2.24, 2.45) is 0 Å². The van der Waals surface area contributed by atoms with Crippen LogP contribution in [0.3, 0.4) is 0 Å². The van der Waals surface area contributed by atoms with Crippen molar-refractivity contribution >= 4 is 23.4 Å². The molecule has 7 heteroatoms. The predicted molar refractivity (Wildman–Crippen MR) is 91.2 cm³/mol. The number of benzene rings is 2. The molecule has 4 nitrogen and oxygen atoms in total. The first kappa shape index (κ1) is 18.9. The zero-order valence-corrected chi connectivity index (χ0v) is 14.3. The number of rotatable bonds is 6. The molecule has 2 aromatic rings. The third-order valence-corrected chi connectivity index (χ3v) is 3.82. The van der Waals surface area contributed by atoms with Crippen molar-refractivity contribution in [2.75, 3.05) is 13.1 Å². The number of carbonyl (C=O) groups is 2. The van der Waals surface area contributed by atoms with E-state index in [0.29, 0.717) is 11.1 Å². The second kappa shape index (κ2) is 8.58. The number of amides is 2. The second-order valence-electron chi connectivity index (χ2n) is 5.35. The molecule has 25 heavy (non-hydrogen) atoms. The van der Waals surface area contributed by atoms with Crippen LogP contribution >= 0.6 is 11.6 Å². The van der Waals surface area contributed by atoms with Gasteiger partial charge < -0.3 is 10.2 Å². The van der Waals surface area contributed by atoms with Crippen molar-refractivity contribution in [3.8, 4) is 0 Å². The highest BCUT2D eigenvalue weighted by molar-refractivity contribution is 6.30. The van der Waals surface area contributed by atoms with Crippen molar-refractivity contribution in [2.45, 2.75) is 13.5 Å². The molecule has 0 radical (unpaired) electrons. The molecular formula is C18H17ClF2N2O2. The van der Waals surface area contributed by atoms with E-state index < -0.39 is 17.5 Å². The molecule has 0 aliphatic heterocycles. The van der Waals surface area contributed by atoms with Gasteiger partial charge >= 0.3 is 0 Å². The van der Waals surface area contributed by atoms with E-state index in [-0.39, 0.29) is 31.1 Å². The van der Waals surface area contributed by atoms with Crippen LogP contribution in [-0.2, 0) is 11.3 Å². The Morgan fingerprint density at radius 2 is 1.80 bits per heavy atom. The first-order valence-corrected chi connectivity index (χ1v) is 8.04. The fraction of sp³-hybridized carbons (Fsp3) is 0.222. The molecule has 132 valence electrons. The number of nitrogens with one attached hydrogen (secondary N) is 1. The third-order valence-electron chi connectivity index (χ3n) is 3.57. The Balaban J connectivity index is 1.96. The highest BCUT2D eigenvalue weighted by Crippen LogP contribution is 2.12. The van der Waals surface area contributed by atoms with Crippen LogP contribution in [0.1, 0.15) is 22.8 Å². The minimum absolute atomic E-state index is 0.212. The van der Waals surface area contributed by atoms with E-state index in [1.807, 2.05) is 0 Å². The molecule has 0 aromatic heterocycles. The second-order valence-corrected chi connectivity index (χ2v) is 5.78. The SMILES string of the molecule is CCN(CC(=O)NCc1ccc(Cl)cc1)C(=O)c1ccc(F)cc1F. The van der Waals surface area contributed by atoms with E-state index in [0.717, 1.165) is 17.7 Å². The largest absolute Gasteiger partial charge is 0.350 e. The molecule has 0 bridgehead atoms. The summed E-state index contributed by atoms with van der Waals surface area (Å²) in [6.07, 6.45) is 0. The number of hydrogen-bond donors (Lipinski definition) is 1. The minimum atomic E-state index is -0.954. The molecule has 0 saturated carbocycles. The van der Waals surface area contributed by atoms with Gasteiger partial charge in [0.1, 0.15) is 11.6 Å². The van der Waals surface area contributed by atoms with Crippen LogP contribution in [0.15, 0.2) is 42.5 Å². The van der Waals surface area contributed by atoms with Gasteiger partial charge in [-0.3, -0.25) is 9.59 Å². The fourth-order valence-electron chi connectivity index (χ4n) is 2.19. The summed E-state index contributed by atoms with van der Waals surface area (Å²) >= 11 is 5.79. The minimum Gasteiger partial charge on any atom is -0.350 e. The Labute approximate surface area is 149 Å². The number of carbonyl (C=O) groups excluding carboxylic acids is 2. The summed E-state index contributed by atoms with van der Waals surface area (Å²) in [7, 11) is 0. The van der Waals surface area contributed by atoms with E-state index in [1.54, 1.807) is 31.2 Å². The number of likely N-dealkylation sites (N-methyl/N-ethyl adjacent to an activating group) is 1. The number of halogens is 3. The van der Waals surface area contributed by atoms with E-state index in [4.69, 9.17) is 11.6 Å². The Hall–Kier alpha value is -2.47. The van der Waals surface area contributed by atoms with Crippen LogP contribution in [0.4, 0.5) is 8.78 Å². The molecule has 0 fully saturated rings. The third kappa shape index (κ3) is 5.26. The standard InChI is InChI=1S/C18H17ClF2N2O2/c1-2-23(18(25)15-8-7-14(20)9-16(15)21)11-17(24)22-10-12-3-5-13(19)6-4-12/h3-9H,2,10-11H2,1H3,(H,22,24). The van der Waals surface area contributed by atoms with Gasteiger partial charge in [0.15, 0.2) is 0 Å². The lowest BCUT2D eigenvalue weighted by atomic mass is 10.1. The highest BCUT2D eigenvalue weighted by Gasteiger charge is 2.20. The zero-order chi connectivity index (χ0) is 18.4. The molecule has 0 aliphatic carbocycles. The lowest BCUT2D eigenvalue weighted by molar-refractivity contribution is -0.121. The summed E-state index contributed by atoms with van der Waals surface area (Å²) in [6.45, 7) is 1.95. The highest BCUT2D eigenvalue weighted by atomic mass is 35.5. The molecule has 2 aromatic carbocycles. The lowest BCUT2D eigenvalue weighted by Crippen LogP contribution is -2.40. The molecule has 2 amide bonds. The van der Waals surface area contributed by atoms with Gasteiger partial charge in [0.2, 0.25) is 5.91 Å². The normalized spacial score (nSPS) is 10.4. The lowest BCUT2D eigenvalue weighted by Gasteiger charge is -2.20. The average Bonchev–Trinajstić information content (AvgIpc) is 2.58. The Bertz CT molecular complexity index is 766. The molecule has 0 unspecified atom stereocenters. The van der Waals surface area contributed by atoms with Gasteiger partial charge in [0.05, 0.1) is 12.1 Å². The zero-order valence-electron chi connectivity index (χ0n) is 13.6. The Morgan fingerprint density at radius 1 is 1.12 bits per heavy atom. The van der Waals surface area contributed by atoms with Crippen LogP contribution in [-0.4, -0.2) is 29.8 Å². The van der Waals surface area contributed by atoms with Crippen molar-refractivity contribution in [1.29, 1.82) is 0 Å². The number of nitrogens with zero attached hydrogens (tertiary/aromatic N) is 1. The Morgan fingerprint density at radius 3 is 2.40 bits per heavy atom. The van der Waals surface area contributed by atoms with Gasteiger partial charge in [-0.2, -0.15) is 0 Å². The van der Waals surface area contributed by atoms with Gasteiger partial charge in [-0.05, 0) is 36.8 Å². The summed E-state index contributed by atoms with van der Waals surface area (Å²) in [6, 6.07) is 9.69. The summed E-state index contributed by atoms with van der Waals surface area (Å²) < 4.78 is 26.7. The molecule has 0 atom stereocenters. The molecule has 0 aliphatic rings. The molecular weight excluding hydrogens is 350 g/mol. The molecule has 2 rings (SSSR count). The summed E-state index contributed by atoms with van der Waals surface area (Å²) in [5.41, 5.74) is 0.588. The Kier molecular flexibility index (Phi) is 6.47. The van der Waals surface area contributed by atoms with Crippen molar-refractivity contribution in [3.05, 3.63) is 70.2 Å². The van der Waals surface area contributed by atoms with Crippen LogP contribution in [0.2, 0.25) is 5.02 Å². The molecule has 0 spiro atoms. The van der Waals surface area contributed by atoms with Gasteiger partial charge in [-0.1, -0.05) is 23.7 Å². The maximum atomic E-state index is 13.7. The van der Waals surface area contributed by atoms with E-state index in [1.165, 1.54) is 4.90 Å². The van der Waals surface area contributed by atoms with E-state index in [9.17, 15) is 18.4 Å². The summed E-state index contributed by atoms with van der Waals surface area (Å²) in [4.78, 5) is 25.6. The monoisotopic (exact) mass is 366 g/mol. The van der Waals surface area contributed by atoms with Gasteiger partial charge in [0, 0.05) is 24.2 Å². The van der Waals surface area contributed by atoms with Gasteiger partial charge in [-0.15, -0.1) is 0 Å².